The topological polar surface area (TPSA) is 51.0 Å². The molecule has 2 heterocycles. The van der Waals surface area contributed by atoms with Gasteiger partial charge < -0.3 is 9.47 Å². The van der Waals surface area contributed by atoms with Crippen LogP contribution in [0.5, 0.6) is 0 Å². The van der Waals surface area contributed by atoms with Crippen LogP contribution in [-0.4, -0.2) is 38.4 Å². The second-order valence-corrected chi connectivity index (χ2v) is 8.09. The Morgan fingerprint density at radius 2 is 2.15 bits per heavy atom. The molecule has 0 spiro atoms. The first-order valence-electron chi connectivity index (χ1n) is 8.16. The summed E-state index contributed by atoms with van der Waals surface area (Å²) in [5, 5.41) is 12.0. The van der Waals surface area contributed by atoms with E-state index in [1.165, 1.54) is 16.6 Å². The first-order chi connectivity index (χ1) is 12.6. The van der Waals surface area contributed by atoms with Gasteiger partial charge in [0.1, 0.15) is 0 Å². The molecule has 0 fully saturated rings. The molecule has 0 N–H and O–H groups in total. The molecule has 1 amide bonds. The normalized spacial score (nSPS) is 10.9. The maximum absolute atomic E-state index is 12.4. The minimum absolute atomic E-state index is 0.0679. The predicted octanol–water partition coefficient (Wildman–Crippen LogP) is 4.43. The van der Waals surface area contributed by atoms with E-state index in [2.05, 4.69) is 10.2 Å². The van der Waals surface area contributed by atoms with E-state index in [4.69, 9.17) is 11.6 Å². The van der Waals surface area contributed by atoms with Gasteiger partial charge >= 0.3 is 0 Å². The van der Waals surface area contributed by atoms with E-state index < -0.39 is 0 Å². The summed E-state index contributed by atoms with van der Waals surface area (Å²) in [6, 6.07) is 11.6. The quantitative estimate of drug-likeness (QED) is 0.544. The Morgan fingerprint density at radius 3 is 2.85 bits per heavy atom. The number of hydrogen-bond donors (Lipinski definition) is 0. The van der Waals surface area contributed by atoms with Crippen LogP contribution < -0.4 is 0 Å². The molecule has 0 saturated heterocycles. The molecule has 0 aliphatic rings. The summed E-state index contributed by atoms with van der Waals surface area (Å²) in [6.45, 7) is 3.38. The third-order valence-electron chi connectivity index (χ3n) is 3.84. The highest BCUT2D eigenvalue weighted by molar-refractivity contribution is 7.99. The third-order valence-corrected chi connectivity index (χ3v) is 5.89. The van der Waals surface area contributed by atoms with Crippen molar-refractivity contribution < 1.29 is 4.79 Å². The molecule has 1 aromatic carbocycles. The number of halogens is 1. The number of benzene rings is 1. The summed E-state index contributed by atoms with van der Waals surface area (Å²) in [5.41, 5.74) is 0.917. The maximum atomic E-state index is 12.4. The van der Waals surface area contributed by atoms with Crippen LogP contribution in [0.4, 0.5) is 0 Å². The molecule has 0 bridgehead atoms. The number of carbonyl (C=O) groups is 1. The Kier molecular flexibility index (Phi) is 6.34. The van der Waals surface area contributed by atoms with E-state index in [9.17, 15) is 4.79 Å². The highest BCUT2D eigenvalue weighted by atomic mass is 35.5. The van der Waals surface area contributed by atoms with Crippen molar-refractivity contribution in [1.82, 2.24) is 19.7 Å². The highest BCUT2D eigenvalue weighted by Gasteiger charge is 2.16. The second kappa shape index (κ2) is 8.70. The van der Waals surface area contributed by atoms with Crippen LogP contribution in [0.1, 0.15) is 11.8 Å². The fraction of sp³-hybridized carbons (Fsp3) is 0.278. The molecule has 0 aliphatic carbocycles. The monoisotopic (exact) mass is 406 g/mol. The number of thiophene rings is 1. The number of thioether (sulfide) groups is 1. The number of nitrogens with zero attached hydrogens (tertiary/aromatic N) is 4. The number of aromatic nitrogens is 3. The molecule has 5 nitrogen and oxygen atoms in total. The highest BCUT2D eigenvalue weighted by Crippen LogP contribution is 2.26. The van der Waals surface area contributed by atoms with E-state index in [0.29, 0.717) is 17.3 Å². The van der Waals surface area contributed by atoms with Gasteiger partial charge in [0.25, 0.3) is 0 Å². The molecule has 3 rings (SSSR count). The minimum Gasteiger partial charge on any atom is -0.340 e. The van der Waals surface area contributed by atoms with Crippen LogP contribution in [0.3, 0.4) is 0 Å². The Hall–Kier alpha value is -1.83. The van der Waals surface area contributed by atoms with E-state index in [1.807, 2.05) is 60.3 Å². The lowest BCUT2D eigenvalue weighted by Gasteiger charge is -2.16. The van der Waals surface area contributed by atoms with Crippen LogP contribution in [0.15, 0.2) is 46.9 Å². The first kappa shape index (κ1) is 18.9. The van der Waals surface area contributed by atoms with Crippen molar-refractivity contribution in [1.29, 1.82) is 0 Å². The van der Waals surface area contributed by atoms with Gasteiger partial charge in [0.2, 0.25) is 5.91 Å². The van der Waals surface area contributed by atoms with Gasteiger partial charge in [-0.1, -0.05) is 41.6 Å². The molecule has 0 aliphatic heterocycles. The zero-order chi connectivity index (χ0) is 18.5. The van der Waals surface area contributed by atoms with E-state index in [1.54, 1.807) is 16.2 Å². The first-order valence-corrected chi connectivity index (χ1v) is 10.4. The van der Waals surface area contributed by atoms with E-state index >= 15 is 0 Å². The molecule has 0 saturated carbocycles. The number of amides is 1. The van der Waals surface area contributed by atoms with Crippen LogP contribution in [-0.2, 0) is 17.9 Å². The van der Waals surface area contributed by atoms with Crippen LogP contribution >= 0.6 is 34.7 Å². The fourth-order valence-corrected chi connectivity index (χ4v) is 4.37. The summed E-state index contributed by atoms with van der Waals surface area (Å²) >= 11 is 9.14. The van der Waals surface area contributed by atoms with E-state index in [-0.39, 0.29) is 5.91 Å². The lowest BCUT2D eigenvalue weighted by Crippen LogP contribution is -2.27. The molecule has 2 aromatic heterocycles. The Balaban J connectivity index is 1.67. The van der Waals surface area contributed by atoms with Crippen molar-refractivity contribution in [2.75, 3.05) is 12.8 Å². The van der Waals surface area contributed by atoms with Crippen molar-refractivity contribution >= 4 is 40.6 Å². The number of carbonyl (C=O) groups excluding carboxylic acids is 1. The van der Waals surface area contributed by atoms with Gasteiger partial charge in [-0.3, -0.25) is 4.79 Å². The molecule has 8 heteroatoms. The van der Waals surface area contributed by atoms with Gasteiger partial charge in [-0.15, -0.1) is 21.5 Å². The van der Waals surface area contributed by atoms with Crippen molar-refractivity contribution in [2.24, 2.45) is 0 Å². The molecular formula is C18H19ClN4OS2. The standard InChI is InChI=1S/C18H19ClN4OS2/c1-3-23-17(13-6-4-7-14(19)10-13)20-21-18(23)26-12-16(24)22(2)11-15-8-5-9-25-15/h4-10H,3,11-12H2,1-2H3. The molecule has 0 atom stereocenters. The molecule has 26 heavy (non-hydrogen) atoms. The second-order valence-electron chi connectivity index (χ2n) is 5.68. The summed E-state index contributed by atoms with van der Waals surface area (Å²) in [7, 11) is 1.82. The van der Waals surface area contributed by atoms with Gasteiger partial charge in [-0.2, -0.15) is 0 Å². The predicted molar refractivity (Wildman–Crippen MR) is 108 cm³/mol. The number of hydrogen-bond acceptors (Lipinski definition) is 5. The van der Waals surface area contributed by atoms with Gasteiger partial charge in [-0.25, -0.2) is 0 Å². The van der Waals surface area contributed by atoms with Gasteiger partial charge in [0.05, 0.1) is 12.3 Å². The Morgan fingerprint density at radius 1 is 1.31 bits per heavy atom. The molecule has 3 aromatic rings. The molecule has 136 valence electrons. The van der Waals surface area contributed by atoms with E-state index in [0.717, 1.165) is 23.1 Å². The molecule has 0 unspecified atom stereocenters. The van der Waals surface area contributed by atoms with Crippen molar-refractivity contribution in [3.05, 3.63) is 51.7 Å². The summed E-state index contributed by atoms with van der Waals surface area (Å²) in [6.07, 6.45) is 0. The largest absolute Gasteiger partial charge is 0.340 e. The summed E-state index contributed by atoms with van der Waals surface area (Å²) in [5.74, 6) is 1.16. The lowest BCUT2D eigenvalue weighted by atomic mass is 10.2. The van der Waals surface area contributed by atoms with Crippen molar-refractivity contribution in [3.8, 4) is 11.4 Å². The van der Waals surface area contributed by atoms with Crippen LogP contribution in [0.2, 0.25) is 5.02 Å². The zero-order valence-corrected chi connectivity index (χ0v) is 16.9. The molecular weight excluding hydrogens is 388 g/mol. The maximum Gasteiger partial charge on any atom is 0.233 e. The van der Waals surface area contributed by atoms with Crippen LogP contribution in [0, 0.1) is 0 Å². The smallest absolute Gasteiger partial charge is 0.233 e. The van der Waals surface area contributed by atoms with Crippen molar-refractivity contribution in [2.45, 2.75) is 25.2 Å². The Bertz CT molecular complexity index is 879. The lowest BCUT2D eigenvalue weighted by molar-refractivity contribution is -0.127. The Labute approximate surface area is 166 Å². The zero-order valence-electron chi connectivity index (χ0n) is 14.6. The number of rotatable bonds is 7. The fourth-order valence-electron chi connectivity index (χ4n) is 2.48. The molecule has 0 radical (unpaired) electrons. The summed E-state index contributed by atoms with van der Waals surface area (Å²) in [4.78, 5) is 15.3. The SMILES string of the molecule is CCn1c(SCC(=O)N(C)Cc2cccs2)nnc1-c1cccc(Cl)c1. The minimum atomic E-state index is 0.0679. The van der Waals surface area contributed by atoms with Gasteiger partial charge in [-0.05, 0) is 30.5 Å². The third kappa shape index (κ3) is 4.47. The van der Waals surface area contributed by atoms with Gasteiger partial charge in [0.15, 0.2) is 11.0 Å². The van der Waals surface area contributed by atoms with Crippen LogP contribution in [0.25, 0.3) is 11.4 Å². The van der Waals surface area contributed by atoms with Gasteiger partial charge in [0, 0.05) is 29.1 Å². The average molecular weight is 407 g/mol. The summed E-state index contributed by atoms with van der Waals surface area (Å²) < 4.78 is 2.00. The van der Waals surface area contributed by atoms with Crippen molar-refractivity contribution in [3.63, 3.8) is 0 Å². The average Bonchev–Trinajstić information content (AvgIpc) is 3.28.